The summed E-state index contributed by atoms with van der Waals surface area (Å²) >= 11 is 0. The number of likely N-dealkylation sites (tertiary alicyclic amines) is 1. The third kappa shape index (κ3) is 3.27. The highest BCUT2D eigenvalue weighted by Crippen LogP contribution is 2.44. The van der Waals surface area contributed by atoms with Crippen molar-refractivity contribution in [2.24, 2.45) is 0 Å². The second-order valence-corrected chi connectivity index (χ2v) is 7.34. The number of hydrogen-bond acceptors (Lipinski definition) is 4. The first-order valence-electron chi connectivity index (χ1n) is 9.53. The van der Waals surface area contributed by atoms with Crippen molar-refractivity contribution in [3.63, 3.8) is 0 Å². The normalized spacial score (nSPS) is 26.4. The average Bonchev–Trinajstić information content (AvgIpc) is 2.98. The Hall–Kier alpha value is -1.59. The Labute approximate surface area is 149 Å². The van der Waals surface area contributed by atoms with Crippen LogP contribution in [0.3, 0.4) is 0 Å². The SMILES string of the molecule is COc1cccc2c1CC[C@@H]1[C@H]2CC(=O)N1CCCN1CCOCC1. The van der Waals surface area contributed by atoms with Crippen molar-refractivity contribution < 1.29 is 14.3 Å². The highest BCUT2D eigenvalue weighted by molar-refractivity contribution is 5.81. The summed E-state index contributed by atoms with van der Waals surface area (Å²) in [5, 5.41) is 0. The van der Waals surface area contributed by atoms with E-state index >= 15 is 0 Å². The van der Waals surface area contributed by atoms with E-state index in [0.29, 0.717) is 24.3 Å². The molecule has 5 nitrogen and oxygen atoms in total. The first-order valence-corrected chi connectivity index (χ1v) is 9.53. The number of methoxy groups -OCH3 is 1. The molecule has 0 N–H and O–H groups in total. The zero-order chi connectivity index (χ0) is 17.2. The molecule has 25 heavy (non-hydrogen) atoms. The predicted molar refractivity (Wildman–Crippen MR) is 96.1 cm³/mol. The molecule has 2 heterocycles. The third-order valence-electron chi connectivity index (χ3n) is 6.04. The maximum Gasteiger partial charge on any atom is 0.223 e. The van der Waals surface area contributed by atoms with Crippen LogP contribution >= 0.6 is 0 Å². The summed E-state index contributed by atoms with van der Waals surface area (Å²) < 4.78 is 10.9. The van der Waals surface area contributed by atoms with Gasteiger partial charge < -0.3 is 14.4 Å². The second kappa shape index (κ2) is 7.34. The maximum atomic E-state index is 12.6. The van der Waals surface area contributed by atoms with Crippen molar-refractivity contribution in [1.29, 1.82) is 0 Å². The molecule has 0 spiro atoms. The van der Waals surface area contributed by atoms with Gasteiger partial charge in [0.1, 0.15) is 5.75 Å². The van der Waals surface area contributed by atoms with Gasteiger partial charge in [-0.3, -0.25) is 9.69 Å². The summed E-state index contributed by atoms with van der Waals surface area (Å²) in [6.07, 6.45) is 3.78. The minimum atomic E-state index is 0.327. The van der Waals surface area contributed by atoms with Crippen molar-refractivity contribution in [2.75, 3.05) is 46.5 Å². The van der Waals surface area contributed by atoms with E-state index in [0.717, 1.165) is 64.4 Å². The van der Waals surface area contributed by atoms with E-state index in [4.69, 9.17) is 9.47 Å². The fourth-order valence-corrected chi connectivity index (χ4v) is 4.78. The molecule has 2 saturated heterocycles. The van der Waals surface area contributed by atoms with Crippen LogP contribution in [0.2, 0.25) is 0 Å². The van der Waals surface area contributed by atoms with Gasteiger partial charge in [-0.1, -0.05) is 12.1 Å². The van der Waals surface area contributed by atoms with Crippen molar-refractivity contribution in [3.8, 4) is 5.75 Å². The Bertz CT molecular complexity index is 627. The van der Waals surface area contributed by atoms with E-state index < -0.39 is 0 Å². The van der Waals surface area contributed by atoms with Crippen molar-refractivity contribution >= 4 is 5.91 Å². The van der Waals surface area contributed by atoms with Gasteiger partial charge >= 0.3 is 0 Å². The van der Waals surface area contributed by atoms with Crippen molar-refractivity contribution in [1.82, 2.24) is 9.80 Å². The van der Waals surface area contributed by atoms with Gasteiger partial charge in [0.2, 0.25) is 5.91 Å². The van der Waals surface area contributed by atoms with Gasteiger partial charge in [0, 0.05) is 44.6 Å². The molecule has 1 aromatic rings. The topological polar surface area (TPSA) is 42.0 Å². The number of amides is 1. The summed E-state index contributed by atoms with van der Waals surface area (Å²) in [5.41, 5.74) is 2.65. The Kier molecular flexibility index (Phi) is 4.95. The second-order valence-electron chi connectivity index (χ2n) is 7.34. The van der Waals surface area contributed by atoms with Gasteiger partial charge in [-0.25, -0.2) is 0 Å². The van der Waals surface area contributed by atoms with Crippen LogP contribution in [0.4, 0.5) is 0 Å². The average molecular weight is 344 g/mol. The fraction of sp³-hybridized carbons (Fsp3) is 0.650. The molecule has 1 aromatic carbocycles. The number of nitrogens with zero attached hydrogens (tertiary/aromatic N) is 2. The lowest BCUT2D eigenvalue weighted by molar-refractivity contribution is -0.129. The number of fused-ring (bicyclic) bond motifs is 3. The molecule has 5 heteroatoms. The number of rotatable bonds is 5. The lowest BCUT2D eigenvalue weighted by Crippen LogP contribution is -2.41. The van der Waals surface area contributed by atoms with E-state index in [1.807, 2.05) is 6.07 Å². The van der Waals surface area contributed by atoms with Gasteiger partial charge in [0.25, 0.3) is 0 Å². The zero-order valence-corrected chi connectivity index (χ0v) is 15.1. The quantitative estimate of drug-likeness (QED) is 0.820. The van der Waals surface area contributed by atoms with Gasteiger partial charge in [-0.2, -0.15) is 0 Å². The molecule has 1 aliphatic carbocycles. The summed E-state index contributed by atoms with van der Waals surface area (Å²) in [6.45, 7) is 5.67. The molecule has 4 rings (SSSR count). The van der Waals surface area contributed by atoms with E-state index in [-0.39, 0.29) is 0 Å². The molecule has 2 atom stereocenters. The highest BCUT2D eigenvalue weighted by Gasteiger charge is 2.43. The number of carbonyl (C=O) groups is 1. The summed E-state index contributed by atoms with van der Waals surface area (Å²) in [4.78, 5) is 17.3. The van der Waals surface area contributed by atoms with Crippen LogP contribution in [0.1, 0.15) is 36.3 Å². The number of carbonyl (C=O) groups excluding carboxylic acids is 1. The Morgan fingerprint density at radius 3 is 2.88 bits per heavy atom. The summed E-state index contributed by atoms with van der Waals surface area (Å²) in [7, 11) is 1.74. The van der Waals surface area contributed by atoms with E-state index in [1.54, 1.807) is 7.11 Å². The highest BCUT2D eigenvalue weighted by atomic mass is 16.5. The van der Waals surface area contributed by atoms with Crippen LogP contribution in [0.25, 0.3) is 0 Å². The van der Waals surface area contributed by atoms with E-state index in [9.17, 15) is 4.79 Å². The monoisotopic (exact) mass is 344 g/mol. The molecule has 0 bridgehead atoms. The molecule has 0 saturated carbocycles. The van der Waals surface area contributed by atoms with Gasteiger partial charge in [-0.05, 0) is 36.5 Å². The molecule has 0 aromatic heterocycles. The molecule has 0 radical (unpaired) electrons. The van der Waals surface area contributed by atoms with Gasteiger partial charge in [0.15, 0.2) is 0 Å². The molecule has 3 aliphatic rings. The smallest absolute Gasteiger partial charge is 0.223 e. The van der Waals surface area contributed by atoms with Crippen LogP contribution in [-0.2, 0) is 16.0 Å². The zero-order valence-electron chi connectivity index (χ0n) is 15.1. The molecular formula is C20H28N2O3. The number of hydrogen-bond donors (Lipinski definition) is 0. The number of ether oxygens (including phenoxy) is 2. The first kappa shape index (κ1) is 16.9. The Balaban J connectivity index is 1.41. The van der Waals surface area contributed by atoms with Crippen molar-refractivity contribution in [3.05, 3.63) is 29.3 Å². The van der Waals surface area contributed by atoms with Gasteiger partial charge in [0.05, 0.1) is 20.3 Å². The third-order valence-corrected chi connectivity index (χ3v) is 6.04. The minimum Gasteiger partial charge on any atom is -0.496 e. The first-order chi connectivity index (χ1) is 12.3. The molecule has 2 fully saturated rings. The van der Waals surface area contributed by atoms with E-state index in [1.165, 1.54) is 11.1 Å². The van der Waals surface area contributed by atoms with Crippen molar-refractivity contribution in [2.45, 2.75) is 37.6 Å². The number of benzene rings is 1. The molecular weight excluding hydrogens is 316 g/mol. The minimum absolute atomic E-state index is 0.327. The van der Waals surface area contributed by atoms with Crippen LogP contribution < -0.4 is 4.74 Å². The lowest BCUT2D eigenvalue weighted by atomic mass is 9.79. The van der Waals surface area contributed by atoms with E-state index in [2.05, 4.69) is 21.9 Å². The lowest BCUT2D eigenvalue weighted by Gasteiger charge is -2.34. The molecule has 136 valence electrons. The number of morpholine rings is 1. The fourth-order valence-electron chi connectivity index (χ4n) is 4.78. The van der Waals surface area contributed by atoms with Crippen LogP contribution in [0.5, 0.6) is 5.75 Å². The molecule has 0 unspecified atom stereocenters. The van der Waals surface area contributed by atoms with Crippen LogP contribution in [0, 0.1) is 0 Å². The largest absolute Gasteiger partial charge is 0.496 e. The standard InChI is InChI=1S/C20H28N2O3/c1-24-19-5-2-4-15-16(19)6-7-18-17(15)14-20(23)22(18)9-3-8-21-10-12-25-13-11-21/h2,4-5,17-18H,3,6-14H2,1H3/t17-,18+/m0/s1. The van der Waals surface area contributed by atoms with Crippen LogP contribution in [0.15, 0.2) is 18.2 Å². The Morgan fingerprint density at radius 1 is 1.24 bits per heavy atom. The maximum absolute atomic E-state index is 12.6. The molecule has 2 aliphatic heterocycles. The Morgan fingerprint density at radius 2 is 2.08 bits per heavy atom. The molecule has 1 amide bonds. The summed E-state index contributed by atoms with van der Waals surface area (Å²) in [6, 6.07) is 6.66. The predicted octanol–water partition coefficient (Wildman–Crippen LogP) is 2.05. The van der Waals surface area contributed by atoms with Gasteiger partial charge in [-0.15, -0.1) is 0 Å². The van der Waals surface area contributed by atoms with Crippen LogP contribution in [-0.4, -0.2) is 68.3 Å². The summed E-state index contributed by atoms with van der Waals surface area (Å²) in [5.74, 6) is 1.65.